The van der Waals surface area contributed by atoms with Crippen LogP contribution in [0, 0.1) is 0 Å². The first-order valence-electron chi connectivity index (χ1n) is 7.48. The average Bonchev–Trinajstić information content (AvgIpc) is 2.55. The quantitative estimate of drug-likeness (QED) is 0.647. The number of hydrogen-bond acceptors (Lipinski definition) is 4. The highest BCUT2D eigenvalue weighted by molar-refractivity contribution is 5.97. The second kappa shape index (κ2) is 9.50. The highest BCUT2D eigenvalue weighted by Crippen LogP contribution is 2.28. The molecule has 0 radical (unpaired) electrons. The number of rotatable bonds is 10. The van der Waals surface area contributed by atoms with Gasteiger partial charge in [0.1, 0.15) is 12.6 Å². The van der Waals surface area contributed by atoms with E-state index in [0.29, 0.717) is 30.1 Å². The molecule has 126 valence electrons. The van der Waals surface area contributed by atoms with Gasteiger partial charge in [-0.2, -0.15) is 0 Å². The lowest BCUT2D eigenvalue weighted by Gasteiger charge is -2.15. The molecule has 1 unspecified atom stereocenters. The fourth-order valence-corrected chi connectivity index (χ4v) is 1.98. The summed E-state index contributed by atoms with van der Waals surface area (Å²) in [6.45, 7) is 5.85. The minimum Gasteiger partial charge on any atom is -0.493 e. The Kier molecular flexibility index (Phi) is 7.66. The molecule has 0 saturated heterocycles. The van der Waals surface area contributed by atoms with Gasteiger partial charge in [-0.1, -0.05) is 32.4 Å². The molecule has 6 nitrogen and oxygen atoms in total. The van der Waals surface area contributed by atoms with Crippen LogP contribution in [0.5, 0.6) is 11.5 Å². The van der Waals surface area contributed by atoms with Gasteiger partial charge in [-0.15, -0.1) is 0 Å². The Morgan fingerprint density at radius 2 is 2.13 bits per heavy atom. The van der Waals surface area contributed by atoms with Crippen LogP contribution in [0.4, 0.5) is 0 Å². The first-order chi connectivity index (χ1) is 11.0. The zero-order valence-corrected chi connectivity index (χ0v) is 13.5. The Morgan fingerprint density at radius 3 is 2.70 bits per heavy atom. The van der Waals surface area contributed by atoms with E-state index in [9.17, 15) is 9.59 Å². The van der Waals surface area contributed by atoms with E-state index in [1.807, 2.05) is 6.92 Å². The molecule has 1 aromatic carbocycles. The van der Waals surface area contributed by atoms with E-state index in [0.717, 1.165) is 12.8 Å². The third-order valence-electron chi connectivity index (χ3n) is 3.23. The van der Waals surface area contributed by atoms with Gasteiger partial charge in [0.05, 0.1) is 7.11 Å². The summed E-state index contributed by atoms with van der Waals surface area (Å²) in [6.07, 6.45) is 3.60. The number of carbonyl (C=O) groups is 2. The number of nitrogens with one attached hydrogen (secondary N) is 1. The number of methoxy groups -OCH3 is 1. The SMILES string of the molecule is C=CCOc1ccc(C(=O)NC(CCCC)C(=O)O)cc1OC. The number of benzene rings is 1. The first kappa shape index (κ1) is 18.5. The predicted octanol–water partition coefficient (Wildman–Crippen LogP) is 2.63. The fraction of sp³-hybridized carbons (Fsp3) is 0.412. The minimum atomic E-state index is -1.04. The van der Waals surface area contributed by atoms with Gasteiger partial charge in [0.2, 0.25) is 0 Å². The number of carboxylic acids is 1. The van der Waals surface area contributed by atoms with Gasteiger partial charge in [0.15, 0.2) is 11.5 Å². The molecule has 0 aliphatic heterocycles. The molecule has 1 amide bonds. The van der Waals surface area contributed by atoms with Crippen LogP contribution >= 0.6 is 0 Å². The second-order valence-corrected chi connectivity index (χ2v) is 4.97. The Morgan fingerprint density at radius 1 is 1.39 bits per heavy atom. The zero-order chi connectivity index (χ0) is 17.2. The van der Waals surface area contributed by atoms with Crippen LogP contribution < -0.4 is 14.8 Å². The summed E-state index contributed by atoms with van der Waals surface area (Å²) in [5.74, 6) is -0.601. The molecule has 0 saturated carbocycles. The van der Waals surface area contributed by atoms with Gasteiger partial charge in [0.25, 0.3) is 5.91 Å². The van der Waals surface area contributed by atoms with Crippen LogP contribution in [0.25, 0.3) is 0 Å². The Balaban J connectivity index is 2.85. The van der Waals surface area contributed by atoms with Crippen molar-refractivity contribution in [1.29, 1.82) is 0 Å². The van der Waals surface area contributed by atoms with E-state index in [-0.39, 0.29) is 0 Å². The Labute approximate surface area is 136 Å². The molecule has 6 heteroatoms. The molecule has 0 fully saturated rings. The molecule has 0 aliphatic rings. The summed E-state index contributed by atoms with van der Waals surface area (Å²) in [7, 11) is 1.47. The lowest BCUT2D eigenvalue weighted by Crippen LogP contribution is -2.40. The van der Waals surface area contributed by atoms with Crippen LogP contribution in [0.3, 0.4) is 0 Å². The van der Waals surface area contributed by atoms with Crippen molar-refractivity contribution >= 4 is 11.9 Å². The summed E-state index contributed by atoms with van der Waals surface area (Å²) >= 11 is 0. The van der Waals surface area contributed by atoms with Crippen LogP contribution in [0.15, 0.2) is 30.9 Å². The monoisotopic (exact) mass is 321 g/mol. The van der Waals surface area contributed by atoms with Gasteiger partial charge in [-0.05, 0) is 24.6 Å². The van der Waals surface area contributed by atoms with Crippen LogP contribution in [0.1, 0.15) is 36.5 Å². The number of carbonyl (C=O) groups excluding carboxylic acids is 1. The van der Waals surface area contributed by atoms with Crippen molar-refractivity contribution in [3.63, 3.8) is 0 Å². The van der Waals surface area contributed by atoms with E-state index >= 15 is 0 Å². The van der Waals surface area contributed by atoms with Gasteiger partial charge < -0.3 is 19.9 Å². The van der Waals surface area contributed by atoms with Crippen molar-refractivity contribution in [3.8, 4) is 11.5 Å². The average molecular weight is 321 g/mol. The fourth-order valence-electron chi connectivity index (χ4n) is 1.98. The number of amides is 1. The molecular weight excluding hydrogens is 298 g/mol. The summed E-state index contributed by atoms with van der Waals surface area (Å²) in [5.41, 5.74) is 0.315. The number of carboxylic acid groups (broad SMARTS) is 1. The Hall–Kier alpha value is -2.50. The van der Waals surface area contributed by atoms with Crippen molar-refractivity contribution in [2.75, 3.05) is 13.7 Å². The third kappa shape index (κ3) is 5.65. The standard InChI is InChI=1S/C17H23NO5/c1-4-6-7-13(17(20)21)18-16(19)12-8-9-14(23-10-5-2)15(11-12)22-3/h5,8-9,11,13H,2,4,6-7,10H2,1,3H3,(H,18,19)(H,20,21). The third-order valence-corrected chi connectivity index (χ3v) is 3.23. The molecule has 0 spiro atoms. The van der Waals surface area contributed by atoms with Gasteiger partial charge >= 0.3 is 5.97 Å². The van der Waals surface area contributed by atoms with Gasteiger partial charge in [-0.3, -0.25) is 4.79 Å². The lowest BCUT2D eigenvalue weighted by molar-refractivity contribution is -0.139. The molecule has 0 bridgehead atoms. The summed E-state index contributed by atoms with van der Waals surface area (Å²) < 4.78 is 10.6. The largest absolute Gasteiger partial charge is 0.493 e. The summed E-state index contributed by atoms with van der Waals surface area (Å²) in [6, 6.07) is 3.80. The molecule has 0 heterocycles. The second-order valence-electron chi connectivity index (χ2n) is 4.97. The van der Waals surface area contributed by atoms with Crippen molar-refractivity contribution in [2.24, 2.45) is 0 Å². The first-order valence-corrected chi connectivity index (χ1v) is 7.48. The summed E-state index contributed by atoms with van der Waals surface area (Å²) in [4.78, 5) is 23.4. The maximum Gasteiger partial charge on any atom is 0.326 e. The number of ether oxygens (including phenoxy) is 2. The van der Waals surface area contributed by atoms with Gasteiger partial charge in [0, 0.05) is 5.56 Å². The molecule has 23 heavy (non-hydrogen) atoms. The number of unbranched alkanes of at least 4 members (excludes halogenated alkanes) is 1. The van der Waals surface area contributed by atoms with E-state index in [1.165, 1.54) is 13.2 Å². The summed E-state index contributed by atoms with van der Waals surface area (Å²) in [5, 5.41) is 11.7. The normalized spacial score (nSPS) is 11.4. The van der Waals surface area contributed by atoms with Crippen LogP contribution in [-0.2, 0) is 4.79 Å². The van der Waals surface area contributed by atoms with Crippen molar-refractivity contribution in [1.82, 2.24) is 5.32 Å². The topological polar surface area (TPSA) is 84.9 Å². The minimum absolute atomic E-state index is 0.315. The molecule has 2 N–H and O–H groups in total. The zero-order valence-electron chi connectivity index (χ0n) is 13.5. The molecule has 0 aliphatic carbocycles. The van der Waals surface area contributed by atoms with Crippen molar-refractivity contribution in [2.45, 2.75) is 32.2 Å². The molecule has 1 aromatic rings. The number of aliphatic carboxylic acids is 1. The van der Waals surface area contributed by atoms with E-state index in [4.69, 9.17) is 14.6 Å². The molecular formula is C17H23NO5. The Bertz CT molecular complexity index is 556. The van der Waals surface area contributed by atoms with Crippen LogP contribution in [-0.4, -0.2) is 36.7 Å². The number of hydrogen-bond donors (Lipinski definition) is 2. The van der Waals surface area contributed by atoms with E-state index in [2.05, 4.69) is 11.9 Å². The maximum atomic E-state index is 12.2. The van der Waals surface area contributed by atoms with Crippen molar-refractivity contribution in [3.05, 3.63) is 36.4 Å². The molecule has 0 aromatic heterocycles. The van der Waals surface area contributed by atoms with E-state index < -0.39 is 17.9 Å². The van der Waals surface area contributed by atoms with Crippen molar-refractivity contribution < 1.29 is 24.2 Å². The van der Waals surface area contributed by atoms with Gasteiger partial charge in [-0.25, -0.2) is 4.79 Å². The molecule has 1 atom stereocenters. The highest BCUT2D eigenvalue weighted by atomic mass is 16.5. The molecule has 1 rings (SSSR count). The van der Waals surface area contributed by atoms with Crippen LogP contribution in [0.2, 0.25) is 0 Å². The smallest absolute Gasteiger partial charge is 0.326 e. The highest BCUT2D eigenvalue weighted by Gasteiger charge is 2.20. The lowest BCUT2D eigenvalue weighted by atomic mass is 10.1. The predicted molar refractivity (Wildman–Crippen MR) is 87.1 cm³/mol. The van der Waals surface area contributed by atoms with E-state index in [1.54, 1.807) is 18.2 Å². The maximum absolute atomic E-state index is 12.2.